The second-order valence-electron chi connectivity index (χ2n) is 8.13. The van der Waals surface area contributed by atoms with E-state index in [0.29, 0.717) is 18.6 Å². The number of amides is 2. The number of anilines is 1. The third-order valence-corrected chi connectivity index (χ3v) is 5.96. The first-order valence-electron chi connectivity index (χ1n) is 11.2. The van der Waals surface area contributed by atoms with Gasteiger partial charge in [-0.15, -0.1) is 0 Å². The first-order chi connectivity index (χ1) is 17.1. The molecule has 0 saturated carbocycles. The highest BCUT2D eigenvalue weighted by atomic mass is 19.1. The number of alkyl halides is 1. The summed E-state index contributed by atoms with van der Waals surface area (Å²) in [5.74, 6) is -0.614. The lowest BCUT2D eigenvalue weighted by Gasteiger charge is -2.27. The monoisotopic (exact) mass is 474 g/mol. The number of hydrogen-bond acceptors (Lipinski definition) is 7. The second kappa shape index (κ2) is 9.55. The number of rotatable bonds is 6. The predicted octanol–water partition coefficient (Wildman–Crippen LogP) is 2.29. The SMILES string of the molecule is CNC(=O)c1ccc(C(=O)Nc2ncc3ccc(-c4cnn5c4CN(CCF)CC5)cc3n2)cn1. The van der Waals surface area contributed by atoms with Gasteiger partial charge in [-0.2, -0.15) is 5.10 Å². The normalized spacial score (nSPS) is 13.4. The van der Waals surface area contributed by atoms with Crippen LogP contribution in [0, 0.1) is 0 Å². The summed E-state index contributed by atoms with van der Waals surface area (Å²) >= 11 is 0. The van der Waals surface area contributed by atoms with Crippen molar-refractivity contribution in [2.24, 2.45) is 0 Å². The molecule has 11 heteroatoms. The molecular formula is C24H23FN8O2. The van der Waals surface area contributed by atoms with E-state index in [1.54, 1.807) is 6.20 Å². The number of fused-ring (bicyclic) bond motifs is 2. The number of hydrogen-bond donors (Lipinski definition) is 2. The van der Waals surface area contributed by atoms with E-state index in [4.69, 9.17) is 0 Å². The van der Waals surface area contributed by atoms with Gasteiger partial charge in [-0.05, 0) is 23.8 Å². The molecule has 4 heterocycles. The molecule has 0 unspecified atom stereocenters. The number of carbonyl (C=O) groups is 2. The van der Waals surface area contributed by atoms with Gasteiger partial charge in [0, 0.05) is 50.0 Å². The third kappa shape index (κ3) is 4.58. The molecule has 1 aliphatic rings. The molecule has 0 bridgehead atoms. The highest BCUT2D eigenvalue weighted by molar-refractivity contribution is 6.04. The Balaban J connectivity index is 1.38. The van der Waals surface area contributed by atoms with Crippen molar-refractivity contribution in [1.82, 2.24) is 34.9 Å². The molecule has 3 aromatic heterocycles. The number of nitrogens with zero attached hydrogens (tertiary/aromatic N) is 6. The minimum Gasteiger partial charge on any atom is -0.354 e. The summed E-state index contributed by atoms with van der Waals surface area (Å²) in [5, 5.41) is 10.5. The summed E-state index contributed by atoms with van der Waals surface area (Å²) in [4.78, 5) is 39.1. The summed E-state index contributed by atoms with van der Waals surface area (Å²) in [6.07, 6.45) is 4.80. The van der Waals surface area contributed by atoms with Crippen LogP contribution in [0.5, 0.6) is 0 Å². The van der Waals surface area contributed by atoms with Crippen LogP contribution in [0.1, 0.15) is 26.5 Å². The van der Waals surface area contributed by atoms with Gasteiger partial charge in [0.2, 0.25) is 5.95 Å². The van der Waals surface area contributed by atoms with E-state index in [1.807, 2.05) is 29.1 Å². The minimum absolute atomic E-state index is 0.154. The Morgan fingerprint density at radius 2 is 1.94 bits per heavy atom. The Labute approximate surface area is 200 Å². The van der Waals surface area contributed by atoms with Crippen molar-refractivity contribution in [2.45, 2.75) is 13.1 Å². The van der Waals surface area contributed by atoms with Crippen molar-refractivity contribution in [3.63, 3.8) is 0 Å². The number of carbonyl (C=O) groups excluding carboxylic acids is 2. The molecule has 5 rings (SSSR count). The lowest BCUT2D eigenvalue weighted by Crippen LogP contribution is -2.35. The minimum atomic E-state index is -0.435. The molecule has 0 radical (unpaired) electrons. The van der Waals surface area contributed by atoms with Crippen LogP contribution in [-0.2, 0) is 13.1 Å². The topological polar surface area (TPSA) is 118 Å². The van der Waals surface area contributed by atoms with Crippen LogP contribution in [0.4, 0.5) is 10.3 Å². The van der Waals surface area contributed by atoms with Crippen molar-refractivity contribution >= 4 is 28.7 Å². The maximum absolute atomic E-state index is 12.9. The molecule has 1 aliphatic heterocycles. The molecule has 10 nitrogen and oxygen atoms in total. The zero-order chi connectivity index (χ0) is 24.4. The molecule has 1 aromatic carbocycles. The molecule has 0 aliphatic carbocycles. The molecule has 4 aromatic rings. The van der Waals surface area contributed by atoms with Crippen LogP contribution >= 0.6 is 0 Å². The van der Waals surface area contributed by atoms with E-state index < -0.39 is 5.91 Å². The van der Waals surface area contributed by atoms with E-state index in [0.717, 1.165) is 35.3 Å². The standard InChI is InChI=1S/C24H23FN8O2/c1-26-23(35)19-5-4-17(12-27-19)22(34)31-24-28-11-16-3-2-15(10-20(16)30-24)18-13-29-33-9-8-32(7-6-25)14-21(18)33/h2-5,10-13H,6-9,14H2,1H3,(H,26,35)(H,28,30,31,34). The quantitative estimate of drug-likeness (QED) is 0.440. The van der Waals surface area contributed by atoms with E-state index in [1.165, 1.54) is 25.4 Å². The van der Waals surface area contributed by atoms with Gasteiger partial charge in [-0.1, -0.05) is 12.1 Å². The van der Waals surface area contributed by atoms with Crippen molar-refractivity contribution in [3.8, 4) is 11.1 Å². The number of nitrogens with one attached hydrogen (secondary N) is 2. The maximum atomic E-state index is 12.9. The van der Waals surface area contributed by atoms with E-state index in [9.17, 15) is 14.0 Å². The van der Waals surface area contributed by atoms with Crippen molar-refractivity contribution in [3.05, 3.63) is 65.9 Å². The highest BCUT2D eigenvalue weighted by Gasteiger charge is 2.21. The van der Waals surface area contributed by atoms with Gasteiger partial charge < -0.3 is 5.32 Å². The molecule has 35 heavy (non-hydrogen) atoms. The van der Waals surface area contributed by atoms with E-state index in [2.05, 4.69) is 35.6 Å². The fraction of sp³-hybridized carbons (Fsp3) is 0.250. The fourth-order valence-electron chi connectivity index (χ4n) is 4.06. The summed E-state index contributed by atoms with van der Waals surface area (Å²) in [7, 11) is 1.51. The number of aromatic nitrogens is 5. The van der Waals surface area contributed by atoms with Crippen molar-refractivity contribution in [1.29, 1.82) is 0 Å². The van der Waals surface area contributed by atoms with E-state index >= 15 is 0 Å². The van der Waals surface area contributed by atoms with Crippen LogP contribution in [0.15, 0.2) is 48.9 Å². The highest BCUT2D eigenvalue weighted by Crippen LogP contribution is 2.29. The van der Waals surface area contributed by atoms with Gasteiger partial charge in [-0.3, -0.25) is 29.5 Å². The van der Waals surface area contributed by atoms with Crippen LogP contribution in [0.25, 0.3) is 22.0 Å². The van der Waals surface area contributed by atoms with Gasteiger partial charge in [0.05, 0.1) is 29.5 Å². The summed E-state index contributed by atoms with van der Waals surface area (Å²) < 4.78 is 14.8. The van der Waals surface area contributed by atoms with Crippen LogP contribution in [0.3, 0.4) is 0 Å². The molecule has 0 fully saturated rings. The zero-order valence-electron chi connectivity index (χ0n) is 19.0. The first kappa shape index (κ1) is 22.5. The molecule has 2 N–H and O–H groups in total. The summed E-state index contributed by atoms with van der Waals surface area (Å²) in [6, 6.07) is 8.82. The molecular weight excluding hydrogens is 451 g/mol. The van der Waals surface area contributed by atoms with Gasteiger partial charge in [0.1, 0.15) is 12.4 Å². The Hall–Kier alpha value is -4.25. The smallest absolute Gasteiger partial charge is 0.269 e. The number of halogens is 1. The molecule has 0 spiro atoms. The molecule has 2 amide bonds. The fourth-order valence-corrected chi connectivity index (χ4v) is 4.06. The number of pyridine rings is 1. The maximum Gasteiger partial charge on any atom is 0.269 e. The lowest BCUT2D eigenvalue weighted by molar-refractivity contribution is 0.0955. The Kier molecular flexibility index (Phi) is 6.15. The average Bonchev–Trinajstić information content (AvgIpc) is 3.31. The van der Waals surface area contributed by atoms with Crippen molar-refractivity contribution < 1.29 is 14.0 Å². The van der Waals surface area contributed by atoms with Crippen LogP contribution in [0.2, 0.25) is 0 Å². The predicted molar refractivity (Wildman–Crippen MR) is 128 cm³/mol. The molecule has 178 valence electrons. The lowest BCUT2D eigenvalue weighted by atomic mass is 10.0. The largest absolute Gasteiger partial charge is 0.354 e. The van der Waals surface area contributed by atoms with Crippen LogP contribution < -0.4 is 10.6 Å². The Morgan fingerprint density at radius 3 is 2.71 bits per heavy atom. The Bertz CT molecular complexity index is 1400. The zero-order valence-corrected chi connectivity index (χ0v) is 19.0. The first-order valence-corrected chi connectivity index (χ1v) is 11.2. The summed E-state index contributed by atoms with van der Waals surface area (Å²) in [5.41, 5.74) is 4.11. The van der Waals surface area contributed by atoms with Crippen molar-refractivity contribution in [2.75, 3.05) is 32.1 Å². The average molecular weight is 475 g/mol. The Morgan fingerprint density at radius 1 is 1.06 bits per heavy atom. The third-order valence-electron chi connectivity index (χ3n) is 5.96. The van der Waals surface area contributed by atoms with Gasteiger partial charge in [0.15, 0.2) is 0 Å². The van der Waals surface area contributed by atoms with Gasteiger partial charge >= 0.3 is 0 Å². The number of benzene rings is 1. The second-order valence-corrected chi connectivity index (χ2v) is 8.13. The van der Waals surface area contributed by atoms with Crippen LogP contribution in [-0.4, -0.2) is 68.3 Å². The molecule has 0 saturated heterocycles. The summed E-state index contributed by atoms with van der Waals surface area (Å²) in [6.45, 7) is 2.16. The van der Waals surface area contributed by atoms with Gasteiger partial charge in [0.25, 0.3) is 11.8 Å². The molecule has 0 atom stereocenters. The van der Waals surface area contributed by atoms with Gasteiger partial charge in [-0.25, -0.2) is 14.4 Å². The van der Waals surface area contributed by atoms with E-state index in [-0.39, 0.29) is 29.8 Å².